The summed E-state index contributed by atoms with van der Waals surface area (Å²) < 4.78 is 3.00. The van der Waals surface area contributed by atoms with Crippen molar-refractivity contribution in [3.05, 3.63) is 46.0 Å². The predicted molar refractivity (Wildman–Crippen MR) is 84.4 cm³/mol. The molecule has 20 heavy (non-hydrogen) atoms. The number of rotatable bonds is 5. The molecular weight excluding hydrogens is 316 g/mol. The van der Waals surface area contributed by atoms with E-state index in [1.54, 1.807) is 6.33 Å². The molecule has 108 valence electrons. The van der Waals surface area contributed by atoms with Crippen molar-refractivity contribution < 1.29 is 0 Å². The van der Waals surface area contributed by atoms with Crippen LogP contribution in [0.25, 0.3) is 0 Å². The minimum Gasteiger partial charge on any atom is -0.324 e. The van der Waals surface area contributed by atoms with Gasteiger partial charge in [-0.3, -0.25) is 0 Å². The van der Waals surface area contributed by atoms with Gasteiger partial charge in [0.15, 0.2) is 0 Å². The van der Waals surface area contributed by atoms with Gasteiger partial charge >= 0.3 is 0 Å². The molecule has 1 aromatic carbocycles. The van der Waals surface area contributed by atoms with Gasteiger partial charge in [0.25, 0.3) is 0 Å². The quantitative estimate of drug-likeness (QED) is 0.911. The molecule has 0 fully saturated rings. The van der Waals surface area contributed by atoms with Gasteiger partial charge < -0.3 is 5.73 Å². The van der Waals surface area contributed by atoms with Gasteiger partial charge in [-0.25, -0.2) is 9.67 Å². The summed E-state index contributed by atoms with van der Waals surface area (Å²) in [5, 5.41) is 4.28. The van der Waals surface area contributed by atoms with E-state index in [4.69, 9.17) is 5.73 Å². The van der Waals surface area contributed by atoms with Crippen LogP contribution in [0.15, 0.2) is 29.0 Å². The van der Waals surface area contributed by atoms with Gasteiger partial charge in [-0.2, -0.15) is 5.10 Å². The third kappa shape index (κ3) is 3.67. The third-order valence-electron chi connectivity index (χ3n) is 3.19. The number of nitrogens with two attached hydrogens (primary N) is 1. The summed E-state index contributed by atoms with van der Waals surface area (Å²) in [5.74, 6) is 1.48. The summed E-state index contributed by atoms with van der Waals surface area (Å²) in [4.78, 5) is 4.34. The van der Waals surface area contributed by atoms with E-state index in [-0.39, 0.29) is 6.04 Å². The van der Waals surface area contributed by atoms with E-state index in [0.29, 0.717) is 12.3 Å². The molecule has 1 atom stereocenters. The molecule has 0 radical (unpaired) electrons. The molecule has 1 aromatic heterocycles. The number of nitrogens with zero attached hydrogens (tertiary/aromatic N) is 3. The second-order valence-electron chi connectivity index (χ2n) is 5.59. The van der Waals surface area contributed by atoms with Crippen LogP contribution in [0.2, 0.25) is 0 Å². The molecule has 0 saturated heterocycles. The first-order valence-corrected chi connectivity index (χ1v) is 7.65. The lowest BCUT2D eigenvalue weighted by Gasteiger charge is -2.15. The number of hydrogen-bond donors (Lipinski definition) is 1. The summed E-state index contributed by atoms with van der Waals surface area (Å²) in [6.07, 6.45) is 2.30. The molecule has 2 aromatic rings. The highest BCUT2D eigenvalue weighted by Crippen LogP contribution is 2.25. The van der Waals surface area contributed by atoms with Crippen LogP contribution < -0.4 is 5.73 Å². The number of aryl methyl sites for hydroxylation is 1. The Labute approximate surface area is 128 Å². The Morgan fingerprint density at radius 3 is 2.80 bits per heavy atom. The predicted octanol–water partition coefficient (Wildman–Crippen LogP) is 3.25. The molecule has 4 nitrogen and oxygen atoms in total. The molecule has 2 N–H and O–H groups in total. The Bertz CT molecular complexity index is 577. The van der Waals surface area contributed by atoms with E-state index < -0.39 is 0 Å². The van der Waals surface area contributed by atoms with Crippen molar-refractivity contribution in [1.82, 2.24) is 14.8 Å². The number of aromatic nitrogens is 3. The van der Waals surface area contributed by atoms with Crippen molar-refractivity contribution >= 4 is 15.9 Å². The lowest BCUT2D eigenvalue weighted by atomic mass is 10.0. The zero-order valence-corrected chi connectivity index (χ0v) is 13.8. The standard InChI is InChI=1S/C15H21BrN4/c1-10(2)8-20-15(18-9-19-20)7-14(17)12-6-11(3)4-5-13(12)16/h4-6,9-10,14H,7-8,17H2,1-3H3. The summed E-state index contributed by atoms with van der Waals surface area (Å²) in [5.41, 5.74) is 8.67. The van der Waals surface area contributed by atoms with Gasteiger partial charge in [-0.15, -0.1) is 0 Å². The molecule has 0 saturated carbocycles. The zero-order chi connectivity index (χ0) is 14.7. The minimum atomic E-state index is -0.0839. The highest BCUT2D eigenvalue weighted by Gasteiger charge is 2.15. The Morgan fingerprint density at radius 2 is 2.10 bits per heavy atom. The largest absolute Gasteiger partial charge is 0.324 e. The normalized spacial score (nSPS) is 12.9. The highest BCUT2D eigenvalue weighted by atomic mass is 79.9. The SMILES string of the molecule is Cc1ccc(Br)c(C(N)Cc2ncnn2CC(C)C)c1. The van der Waals surface area contributed by atoms with Gasteiger partial charge in [0.2, 0.25) is 0 Å². The van der Waals surface area contributed by atoms with Gasteiger partial charge in [0.1, 0.15) is 12.2 Å². The molecule has 2 rings (SSSR count). The first kappa shape index (κ1) is 15.2. The van der Waals surface area contributed by atoms with Gasteiger partial charge in [-0.1, -0.05) is 47.5 Å². The number of halogens is 1. The van der Waals surface area contributed by atoms with E-state index in [1.807, 2.05) is 10.7 Å². The van der Waals surface area contributed by atoms with Crippen molar-refractivity contribution in [3.8, 4) is 0 Å². The summed E-state index contributed by atoms with van der Waals surface area (Å²) in [6.45, 7) is 7.28. The van der Waals surface area contributed by atoms with Crippen molar-refractivity contribution in [3.63, 3.8) is 0 Å². The number of hydrogen-bond acceptors (Lipinski definition) is 3. The first-order valence-electron chi connectivity index (χ1n) is 6.85. The van der Waals surface area contributed by atoms with Crippen LogP contribution >= 0.6 is 15.9 Å². The first-order chi connectivity index (χ1) is 9.47. The topological polar surface area (TPSA) is 56.7 Å². The van der Waals surface area contributed by atoms with Gasteiger partial charge in [0.05, 0.1) is 0 Å². The van der Waals surface area contributed by atoms with Gasteiger partial charge in [-0.05, 0) is 24.5 Å². The van der Waals surface area contributed by atoms with Crippen molar-refractivity contribution in [1.29, 1.82) is 0 Å². The molecule has 0 amide bonds. The molecule has 0 aliphatic heterocycles. The summed E-state index contributed by atoms with van der Waals surface area (Å²) >= 11 is 3.57. The lowest BCUT2D eigenvalue weighted by molar-refractivity contribution is 0.459. The molecule has 0 bridgehead atoms. The van der Waals surface area contributed by atoms with Crippen LogP contribution in [0.3, 0.4) is 0 Å². The van der Waals surface area contributed by atoms with E-state index in [1.165, 1.54) is 5.56 Å². The molecule has 1 heterocycles. The monoisotopic (exact) mass is 336 g/mol. The third-order valence-corrected chi connectivity index (χ3v) is 3.91. The fourth-order valence-corrected chi connectivity index (χ4v) is 2.74. The Kier molecular flexibility index (Phi) is 4.94. The summed E-state index contributed by atoms with van der Waals surface area (Å²) in [6, 6.07) is 6.16. The minimum absolute atomic E-state index is 0.0839. The zero-order valence-electron chi connectivity index (χ0n) is 12.2. The van der Waals surface area contributed by atoms with Crippen LogP contribution in [-0.4, -0.2) is 14.8 Å². The Morgan fingerprint density at radius 1 is 1.35 bits per heavy atom. The number of benzene rings is 1. The molecule has 0 spiro atoms. The summed E-state index contributed by atoms with van der Waals surface area (Å²) in [7, 11) is 0. The fourth-order valence-electron chi connectivity index (χ4n) is 2.20. The van der Waals surface area contributed by atoms with Crippen LogP contribution in [0.4, 0.5) is 0 Å². The fraction of sp³-hybridized carbons (Fsp3) is 0.467. The van der Waals surface area contributed by atoms with Crippen LogP contribution in [0.5, 0.6) is 0 Å². The smallest absolute Gasteiger partial charge is 0.138 e. The maximum atomic E-state index is 6.34. The maximum absolute atomic E-state index is 6.34. The molecule has 0 aliphatic carbocycles. The Hall–Kier alpha value is -1.20. The van der Waals surface area contributed by atoms with Crippen molar-refractivity contribution in [2.75, 3.05) is 0 Å². The van der Waals surface area contributed by atoms with Crippen LogP contribution in [-0.2, 0) is 13.0 Å². The van der Waals surface area contributed by atoms with E-state index in [0.717, 1.165) is 22.4 Å². The van der Waals surface area contributed by atoms with E-state index in [2.05, 4.69) is 58.9 Å². The lowest BCUT2D eigenvalue weighted by Crippen LogP contribution is -2.19. The average Bonchev–Trinajstić information content (AvgIpc) is 2.78. The highest BCUT2D eigenvalue weighted by molar-refractivity contribution is 9.10. The second-order valence-corrected chi connectivity index (χ2v) is 6.44. The molecular formula is C15H21BrN4. The van der Waals surface area contributed by atoms with Crippen LogP contribution in [0.1, 0.15) is 36.8 Å². The Balaban J connectivity index is 2.17. The van der Waals surface area contributed by atoms with Crippen molar-refractivity contribution in [2.24, 2.45) is 11.7 Å². The molecule has 1 unspecified atom stereocenters. The van der Waals surface area contributed by atoms with Crippen molar-refractivity contribution in [2.45, 2.75) is 39.8 Å². The molecule has 5 heteroatoms. The average molecular weight is 337 g/mol. The van der Waals surface area contributed by atoms with E-state index in [9.17, 15) is 0 Å². The second kappa shape index (κ2) is 6.50. The van der Waals surface area contributed by atoms with E-state index >= 15 is 0 Å². The van der Waals surface area contributed by atoms with Gasteiger partial charge in [0, 0.05) is 23.5 Å². The maximum Gasteiger partial charge on any atom is 0.138 e. The molecule has 0 aliphatic rings. The van der Waals surface area contributed by atoms with Crippen LogP contribution in [0, 0.1) is 12.8 Å².